The molecule has 0 aromatic heterocycles. The SMILES string of the molecule is CC(=O)C1Cc2c(O)c3c(c(O)c2C(C2CC(N)C(O)C(C)O2)C1)C(=O)c1ccccc1C3=O. The van der Waals surface area contributed by atoms with Crippen molar-refractivity contribution in [3.05, 3.63) is 57.6 Å². The second-order valence-electron chi connectivity index (χ2n) is 9.67. The molecule has 1 aliphatic heterocycles. The van der Waals surface area contributed by atoms with Crippen molar-refractivity contribution in [3.8, 4) is 11.5 Å². The average molecular weight is 466 g/mol. The Kier molecular flexibility index (Phi) is 5.35. The molecule has 2 aromatic carbocycles. The van der Waals surface area contributed by atoms with E-state index in [0.29, 0.717) is 12.0 Å². The highest BCUT2D eigenvalue weighted by Gasteiger charge is 2.46. The molecule has 0 amide bonds. The van der Waals surface area contributed by atoms with Crippen LogP contribution in [0.15, 0.2) is 24.3 Å². The highest BCUT2D eigenvalue weighted by atomic mass is 16.5. The number of phenols is 2. The number of phenolic OH excluding ortho intramolecular Hbond substituents is 2. The van der Waals surface area contributed by atoms with E-state index in [1.165, 1.54) is 19.1 Å². The van der Waals surface area contributed by atoms with Gasteiger partial charge in [-0.3, -0.25) is 14.4 Å². The molecule has 34 heavy (non-hydrogen) atoms. The molecule has 3 aliphatic rings. The number of hydrogen-bond donors (Lipinski definition) is 4. The topological polar surface area (TPSA) is 147 Å². The van der Waals surface area contributed by atoms with Crippen molar-refractivity contribution in [3.63, 3.8) is 0 Å². The van der Waals surface area contributed by atoms with E-state index in [1.54, 1.807) is 19.1 Å². The van der Waals surface area contributed by atoms with E-state index in [4.69, 9.17) is 10.5 Å². The number of fused-ring (bicyclic) bond motifs is 3. The van der Waals surface area contributed by atoms with Gasteiger partial charge in [-0.05, 0) is 33.1 Å². The molecule has 178 valence electrons. The first-order valence-electron chi connectivity index (χ1n) is 11.5. The molecule has 2 aliphatic carbocycles. The highest BCUT2D eigenvalue weighted by Crippen LogP contribution is 2.52. The first kappa shape index (κ1) is 22.7. The number of rotatable bonds is 2. The predicted octanol–water partition coefficient (Wildman–Crippen LogP) is 1.97. The minimum atomic E-state index is -0.857. The van der Waals surface area contributed by atoms with Crippen molar-refractivity contribution in [2.24, 2.45) is 11.7 Å². The van der Waals surface area contributed by atoms with Gasteiger partial charge in [0.2, 0.25) is 0 Å². The Balaban J connectivity index is 1.72. The van der Waals surface area contributed by atoms with Gasteiger partial charge in [0.15, 0.2) is 11.6 Å². The van der Waals surface area contributed by atoms with Gasteiger partial charge in [0.05, 0.1) is 29.4 Å². The van der Waals surface area contributed by atoms with Crippen molar-refractivity contribution >= 4 is 17.3 Å². The molecule has 1 fully saturated rings. The van der Waals surface area contributed by atoms with E-state index in [0.717, 1.165) is 0 Å². The van der Waals surface area contributed by atoms with Crippen molar-refractivity contribution in [2.45, 2.75) is 63.4 Å². The second-order valence-corrected chi connectivity index (χ2v) is 9.67. The lowest BCUT2D eigenvalue weighted by atomic mass is 9.68. The maximum Gasteiger partial charge on any atom is 0.198 e. The van der Waals surface area contributed by atoms with Gasteiger partial charge in [-0.15, -0.1) is 0 Å². The minimum Gasteiger partial charge on any atom is -0.507 e. The zero-order valence-electron chi connectivity index (χ0n) is 18.9. The van der Waals surface area contributed by atoms with E-state index in [9.17, 15) is 29.7 Å². The van der Waals surface area contributed by atoms with Gasteiger partial charge >= 0.3 is 0 Å². The van der Waals surface area contributed by atoms with Crippen LogP contribution in [0.1, 0.15) is 75.6 Å². The maximum absolute atomic E-state index is 13.4. The summed E-state index contributed by atoms with van der Waals surface area (Å²) in [6.45, 7) is 3.17. The van der Waals surface area contributed by atoms with E-state index in [1.807, 2.05) is 0 Å². The quantitative estimate of drug-likeness (QED) is 0.420. The lowest BCUT2D eigenvalue weighted by Crippen LogP contribution is -2.53. The van der Waals surface area contributed by atoms with Crippen molar-refractivity contribution in [2.75, 3.05) is 0 Å². The Bertz CT molecular complexity index is 1220. The third kappa shape index (κ3) is 3.20. The Morgan fingerprint density at radius 2 is 1.62 bits per heavy atom. The van der Waals surface area contributed by atoms with Crippen LogP contribution < -0.4 is 5.73 Å². The molecule has 8 heteroatoms. The largest absolute Gasteiger partial charge is 0.507 e. The molecule has 5 rings (SSSR count). The van der Waals surface area contributed by atoms with Gasteiger partial charge in [-0.2, -0.15) is 0 Å². The number of benzene rings is 2. The summed E-state index contributed by atoms with van der Waals surface area (Å²) in [5.74, 6) is -2.95. The number of ether oxygens (including phenoxy) is 1. The third-order valence-electron chi connectivity index (χ3n) is 7.66. The van der Waals surface area contributed by atoms with Gasteiger partial charge in [0, 0.05) is 40.1 Å². The fourth-order valence-corrected chi connectivity index (χ4v) is 5.82. The van der Waals surface area contributed by atoms with Crippen molar-refractivity contribution in [1.82, 2.24) is 0 Å². The van der Waals surface area contributed by atoms with Crippen molar-refractivity contribution in [1.29, 1.82) is 0 Å². The number of hydrogen-bond acceptors (Lipinski definition) is 8. The molecule has 5 N–H and O–H groups in total. The lowest BCUT2D eigenvalue weighted by molar-refractivity contribution is -0.131. The zero-order valence-corrected chi connectivity index (χ0v) is 18.9. The summed E-state index contributed by atoms with van der Waals surface area (Å²) in [7, 11) is 0. The average Bonchev–Trinajstić information content (AvgIpc) is 2.82. The summed E-state index contributed by atoms with van der Waals surface area (Å²) < 4.78 is 6.05. The van der Waals surface area contributed by atoms with Crippen LogP contribution in [0.25, 0.3) is 0 Å². The van der Waals surface area contributed by atoms with Crippen LogP contribution in [0.4, 0.5) is 0 Å². The molecule has 0 saturated carbocycles. The van der Waals surface area contributed by atoms with Crippen LogP contribution in [0.3, 0.4) is 0 Å². The summed E-state index contributed by atoms with van der Waals surface area (Å²) in [5.41, 5.74) is 6.61. The molecule has 2 aromatic rings. The van der Waals surface area contributed by atoms with Crippen LogP contribution in [-0.2, 0) is 16.0 Å². The van der Waals surface area contributed by atoms with Gasteiger partial charge in [-0.1, -0.05) is 24.3 Å². The summed E-state index contributed by atoms with van der Waals surface area (Å²) in [4.78, 5) is 39.0. The zero-order chi connectivity index (χ0) is 24.5. The Morgan fingerprint density at radius 3 is 2.18 bits per heavy atom. The Morgan fingerprint density at radius 1 is 1.03 bits per heavy atom. The minimum absolute atomic E-state index is 0.0896. The second kappa shape index (κ2) is 8.01. The normalized spacial score (nSPS) is 30.4. The Labute approximate surface area is 196 Å². The molecule has 6 unspecified atom stereocenters. The fourth-order valence-electron chi connectivity index (χ4n) is 5.82. The maximum atomic E-state index is 13.4. The molecule has 8 nitrogen and oxygen atoms in total. The van der Waals surface area contributed by atoms with Crippen LogP contribution in [-0.4, -0.2) is 57.0 Å². The van der Waals surface area contributed by atoms with Crippen molar-refractivity contribution < 1.29 is 34.4 Å². The summed E-state index contributed by atoms with van der Waals surface area (Å²) in [6, 6.07) is 5.72. The van der Waals surface area contributed by atoms with Crippen LogP contribution >= 0.6 is 0 Å². The number of Topliss-reactive ketones (excluding diaryl/α,β-unsaturated/α-hetero) is 1. The van der Waals surface area contributed by atoms with E-state index < -0.39 is 47.8 Å². The molecule has 1 heterocycles. The first-order chi connectivity index (χ1) is 16.1. The molecule has 0 spiro atoms. The molecule has 6 atom stereocenters. The molecule has 1 saturated heterocycles. The molecule has 0 radical (unpaired) electrons. The highest BCUT2D eigenvalue weighted by molar-refractivity contribution is 6.30. The number of nitrogens with two attached hydrogens (primary N) is 1. The number of carbonyl (C=O) groups is 3. The predicted molar refractivity (Wildman–Crippen MR) is 121 cm³/mol. The van der Waals surface area contributed by atoms with Gasteiger partial charge in [0.25, 0.3) is 0 Å². The number of aliphatic hydroxyl groups excluding tert-OH is 1. The Hall–Kier alpha value is -3.07. The number of aliphatic hydroxyl groups is 1. The standard InChI is InChI=1S/C26H27NO7/c1-10(28)12-7-15(18-9-17(27)22(29)11(2)34-18)19-16(8-12)25(32)20-21(26(19)33)24(31)14-6-4-3-5-13(14)23(20)30/h3-6,11-12,15,17-18,22,29,32-33H,7-9,27H2,1-2H3. The number of aromatic hydroxyl groups is 2. The molecular weight excluding hydrogens is 438 g/mol. The van der Waals surface area contributed by atoms with Crippen LogP contribution in [0, 0.1) is 5.92 Å². The smallest absolute Gasteiger partial charge is 0.198 e. The fraction of sp³-hybridized carbons (Fsp3) is 0.423. The summed E-state index contributed by atoms with van der Waals surface area (Å²) in [6.07, 6.45) is -1.25. The number of ketones is 3. The lowest BCUT2D eigenvalue weighted by Gasteiger charge is -2.43. The van der Waals surface area contributed by atoms with Crippen LogP contribution in [0.2, 0.25) is 0 Å². The van der Waals surface area contributed by atoms with E-state index in [2.05, 4.69) is 0 Å². The monoisotopic (exact) mass is 465 g/mol. The molecular formula is C26H27NO7. The van der Waals surface area contributed by atoms with Gasteiger partial charge in [0.1, 0.15) is 17.3 Å². The van der Waals surface area contributed by atoms with Gasteiger partial charge < -0.3 is 25.8 Å². The first-order valence-corrected chi connectivity index (χ1v) is 11.5. The summed E-state index contributed by atoms with van der Waals surface area (Å²) >= 11 is 0. The third-order valence-corrected chi connectivity index (χ3v) is 7.66. The van der Waals surface area contributed by atoms with E-state index >= 15 is 0 Å². The molecule has 0 bridgehead atoms. The van der Waals surface area contributed by atoms with Crippen LogP contribution in [0.5, 0.6) is 11.5 Å². The van der Waals surface area contributed by atoms with E-state index in [-0.39, 0.29) is 57.9 Å². The summed E-state index contributed by atoms with van der Waals surface area (Å²) in [5, 5.41) is 32.9. The van der Waals surface area contributed by atoms with Gasteiger partial charge in [-0.25, -0.2) is 0 Å². The number of carbonyl (C=O) groups excluding carboxylic acids is 3.